The van der Waals surface area contributed by atoms with E-state index in [4.69, 9.17) is 4.74 Å². The number of alkyl halides is 3. The quantitative estimate of drug-likeness (QED) is 0.785. The van der Waals surface area contributed by atoms with Gasteiger partial charge in [0.05, 0.1) is 6.10 Å². The summed E-state index contributed by atoms with van der Waals surface area (Å²) in [7, 11) is 0. The largest absolute Gasteiger partial charge is 0.389 e. The molecule has 0 aromatic heterocycles. The molecule has 0 aromatic carbocycles. The number of hydrogen-bond donors (Lipinski definition) is 1. The number of rotatable bonds is 6. The fourth-order valence-electron chi connectivity index (χ4n) is 2.26. The van der Waals surface area contributed by atoms with E-state index in [1.807, 2.05) is 13.8 Å². The highest BCUT2D eigenvalue weighted by atomic mass is 19.4. The van der Waals surface area contributed by atoms with Gasteiger partial charge < -0.3 is 10.1 Å². The van der Waals surface area contributed by atoms with Gasteiger partial charge in [0.2, 0.25) is 0 Å². The van der Waals surface area contributed by atoms with E-state index in [0.717, 1.165) is 19.4 Å². The Morgan fingerprint density at radius 1 is 1.41 bits per heavy atom. The molecule has 0 aliphatic carbocycles. The Morgan fingerprint density at radius 3 is 2.59 bits per heavy atom. The van der Waals surface area contributed by atoms with E-state index in [-0.39, 0.29) is 18.6 Å². The van der Waals surface area contributed by atoms with E-state index < -0.39 is 12.6 Å². The van der Waals surface area contributed by atoms with Crippen LogP contribution in [0.4, 0.5) is 13.2 Å². The van der Waals surface area contributed by atoms with Crippen molar-refractivity contribution in [3.63, 3.8) is 0 Å². The Morgan fingerprint density at radius 2 is 2.12 bits per heavy atom. The van der Waals surface area contributed by atoms with Crippen molar-refractivity contribution < 1.29 is 17.9 Å². The first-order valence-corrected chi connectivity index (χ1v) is 6.35. The summed E-state index contributed by atoms with van der Waals surface area (Å²) in [6.07, 6.45) is -2.90. The second kappa shape index (κ2) is 6.59. The number of nitrogens with one attached hydrogen (secondary N) is 1. The van der Waals surface area contributed by atoms with E-state index >= 15 is 0 Å². The van der Waals surface area contributed by atoms with Gasteiger partial charge in [0.15, 0.2) is 0 Å². The van der Waals surface area contributed by atoms with E-state index in [1.54, 1.807) is 0 Å². The molecule has 1 fully saturated rings. The lowest BCUT2D eigenvalue weighted by molar-refractivity contribution is -0.138. The molecular weight excluding hydrogens is 231 g/mol. The zero-order valence-corrected chi connectivity index (χ0v) is 10.5. The highest BCUT2D eigenvalue weighted by Gasteiger charge is 2.35. The van der Waals surface area contributed by atoms with E-state index in [1.165, 1.54) is 0 Å². The number of hydrogen-bond acceptors (Lipinski definition) is 2. The zero-order chi connectivity index (χ0) is 12.9. The fourth-order valence-corrected chi connectivity index (χ4v) is 2.26. The molecule has 3 atom stereocenters. The van der Waals surface area contributed by atoms with Gasteiger partial charge in [-0.2, -0.15) is 13.2 Å². The van der Waals surface area contributed by atoms with Crippen molar-refractivity contribution in [3.8, 4) is 0 Å². The Kier molecular flexibility index (Phi) is 5.73. The summed E-state index contributed by atoms with van der Waals surface area (Å²) in [5.41, 5.74) is 0. The first kappa shape index (κ1) is 14.8. The van der Waals surface area contributed by atoms with Crippen LogP contribution in [0.3, 0.4) is 0 Å². The van der Waals surface area contributed by atoms with Gasteiger partial charge in [0.25, 0.3) is 0 Å². The summed E-state index contributed by atoms with van der Waals surface area (Å²) in [5, 5.41) is 3.19. The standard InChI is InChI=1S/C12H22F3NO/c1-3-7-16-10(4-6-12(13,14)15)11-9(2)5-8-17-11/h9-11,16H,3-8H2,1-2H3. The summed E-state index contributed by atoms with van der Waals surface area (Å²) in [5.74, 6) is 0.345. The molecule has 0 saturated carbocycles. The highest BCUT2D eigenvalue weighted by molar-refractivity contribution is 4.85. The lowest BCUT2D eigenvalue weighted by Gasteiger charge is -2.27. The average molecular weight is 253 g/mol. The first-order valence-electron chi connectivity index (χ1n) is 6.35. The Labute approximate surface area is 101 Å². The maximum atomic E-state index is 12.3. The van der Waals surface area contributed by atoms with E-state index in [0.29, 0.717) is 12.5 Å². The summed E-state index contributed by atoms with van der Waals surface area (Å²) in [4.78, 5) is 0. The highest BCUT2D eigenvalue weighted by Crippen LogP contribution is 2.28. The second-order valence-corrected chi connectivity index (χ2v) is 4.82. The van der Waals surface area contributed by atoms with Gasteiger partial charge in [0, 0.05) is 19.1 Å². The summed E-state index contributed by atoms with van der Waals surface area (Å²) < 4.78 is 42.3. The molecule has 1 aliphatic heterocycles. The third-order valence-electron chi connectivity index (χ3n) is 3.24. The third kappa shape index (κ3) is 5.25. The van der Waals surface area contributed by atoms with Crippen molar-refractivity contribution in [3.05, 3.63) is 0 Å². The molecule has 1 aliphatic rings. The summed E-state index contributed by atoms with van der Waals surface area (Å²) in [6.45, 7) is 5.47. The van der Waals surface area contributed by atoms with Gasteiger partial charge in [-0.05, 0) is 31.7 Å². The first-order chi connectivity index (χ1) is 7.94. The maximum Gasteiger partial charge on any atom is 0.389 e. The van der Waals surface area contributed by atoms with Crippen LogP contribution in [-0.4, -0.2) is 31.5 Å². The van der Waals surface area contributed by atoms with Crippen LogP contribution < -0.4 is 5.32 Å². The van der Waals surface area contributed by atoms with Crippen LogP contribution in [0.25, 0.3) is 0 Å². The van der Waals surface area contributed by atoms with Crippen molar-refractivity contribution in [2.24, 2.45) is 5.92 Å². The van der Waals surface area contributed by atoms with Crippen LogP contribution in [0.5, 0.6) is 0 Å². The van der Waals surface area contributed by atoms with Gasteiger partial charge in [-0.3, -0.25) is 0 Å². The monoisotopic (exact) mass is 253 g/mol. The number of halogens is 3. The zero-order valence-electron chi connectivity index (χ0n) is 10.5. The van der Waals surface area contributed by atoms with Crippen molar-refractivity contribution >= 4 is 0 Å². The third-order valence-corrected chi connectivity index (χ3v) is 3.24. The van der Waals surface area contributed by atoms with E-state index in [2.05, 4.69) is 5.32 Å². The molecule has 0 spiro atoms. The molecule has 102 valence electrons. The van der Waals surface area contributed by atoms with Gasteiger partial charge in [-0.25, -0.2) is 0 Å². The molecule has 3 unspecified atom stereocenters. The Hall–Kier alpha value is -0.290. The lowest BCUT2D eigenvalue weighted by Crippen LogP contribution is -2.43. The molecule has 1 heterocycles. The van der Waals surface area contributed by atoms with Crippen molar-refractivity contribution in [2.45, 2.75) is 57.9 Å². The van der Waals surface area contributed by atoms with E-state index in [9.17, 15) is 13.2 Å². The van der Waals surface area contributed by atoms with Crippen molar-refractivity contribution in [1.29, 1.82) is 0 Å². The second-order valence-electron chi connectivity index (χ2n) is 4.82. The van der Waals surface area contributed by atoms with Gasteiger partial charge in [-0.1, -0.05) is 13.8 Å². The number of ether oxygens (including phenoxy) is 1. The van der Waals surface area contributed by atoms with Crippen molar-refractivity contribution in [2.75, 3.05) is 13.2 Å². The van der Waals surface area contributed by atoms with Crippen LogP contribution >= 0.6 is 0 Å². The summed E-state index contributed by atoms with van der Waals surface area (Å²) >= 11 is 0. The minimum atomic E-state index is -4.08. The molecule has 17 heavy (non-hydrogen) atoms. The fraction of sp³-hybridized carbons (Fsp3) is 1.00. The Balaban J connectivity index is 2.47. The SMILES string of the molecule is CCCNC(CCC(F)(F)F)C1OCCC1C. The van der Waals surface area contributed by atoms with Crippen LogP contribution in [0, 0.1) is 5.92 Å². The van der Waals surface area contributed by atoms with Crippen LogP contribution in [0.15, 0.2) is 0 Å². The van der Waals surface area contributed by atoms with Crippen LogP contribution in [-0.2, 0) is 4.74 Å². The minimum absolute atomic E-state index is 0.0658. The van der Waals surface area contributed by atoms with Gasteiger partial charge in [-0.15, -0.1) is 0 Å². The molecule has 0 amide bonds. The molecule has 5 heteroatoms. The Bertz CT molecular complexity index is 220. The van der Waals surface area contributed by atoms with Gasteiger partial charge >= 0.3 is 6.18 Å². The molecule has 1 saturated heterocycles. The minimum Gasteiger partial charge on any atom is -0.376 e. The predicted octanol–water partition coefficient (Wildman–Crippen LogP) is 3.12. The lowest BCUT2D eigenvalue weighted by atomic mass is 9.94. The average Bonchev–Trinajstić information content (AvgIpc) is 2.63. The molecule has 0 radical (unpaired) electrons. The predicted molar refractivity (Wildman–Crippen MR) is 60.9 cm³/mol. The summed E-state index contributed by atoms with van der Waals surface area (Å²) in [6, 6.07) is -0.172. The molecule has 0 aromatic rings. The van der Waals surface area contributed by atoms with Crippen LogP contribution in [0.1, 0.15) is 39.5 Å². The van der Waals surface area contributed by atoms with Gasteiger partial charge in [0.1, 0.15) is 0 Å². The molecular formula is C12H22F3NO. The topological polar surface area (TPSA) is 21.3 Å². The smallest absolute Gasteiger partial charge is 0.376 e. The molecule has 2 nitrogen and oxygen atoms in total. The molecule has 1 N–H and O–H groups in total. The van der Waals surface area contributed by atoms with Crippen LogP contribution in [0.2, 0.25) is 0 Å². The normalized spacial score (nSPS) is 27.4. The molecule has 0 bridgehead atoms. The maximum absolute atomic E-state index is 12.3. The molecule has 1 rings (SSSR count). The van der Waals surface area contributed by atoms with Crippen molar-refractivity contribution in [1.82, 2.24) is 5.32 Å².